The molecule has 0 aliphatic heterocycles. The summed E-state index contributed by atoms with van der Waals surface area (Å²) in [6.07, 6.45) is 0. The van der Waals surface area contributed by atoms with Crippen molar-refractivity contribution >= 4 is 21.6 Å². The van der Waals surface area contributed by atoms with Crippen LogP contribution in [0.3, 0.4) is 0 Å². The van der Waals surface area contributed by atoms with Crippen molar-refractivity contribution in [3.05, 3.63) is 64.7 Å². The summed E-state index contributed by atoms with van der Waals surface area (Å²) in [6, 6.07) is 14.2. The van der Waals surface area contributed by atoms with Gasteiger partial charge in [-0.3, -0.25) is 0 Å². The first-order valence-electron chi connectivity index (χ1n) is 6.63. The second kappa shape index (κ2) is 6.18. The minimum Gasteiger partial charge on any atom is -0.207 e. The molecule has 0 amide bonds. The summed E-state index contributed by atoms with van der Waals surface area (Å²) < 4.78 is 26.8. The zero-order valence-electron chi connectivity index (χ0n) is 12.2. The molecule has 0 saturated heterocycles. The first-order valence-corrected chi connectivity index (χ1v) is 8.45. The lowest BCUT2D eigenvalue weighted by Crippen LogP contribution is -2.30. The summed E-state index contributed by atoms with van der Waals surface area (Å²) in [5, 5.41) is 0.252. The van der Waals surface area contributed by atoms with Crippen LogP contribution >= 0.6 is 11.6 Å². The number of hydrogen-bond donors (Lipinski definition) is 0. The Morgan fingerprint density at radius 2 is 1.71 bits per heavy atom. The van der Waals surface area contributed by atoms with Gasteiger partial charge in [-0.1, -0.05) is 48.0 Å². The number of rotatable bonds is 4. The molecule has 3 nitrogen and oxygen atoms in total. The van der Waals surface area contributed by atoms with Gasteiger partial charge in [0.05, 0.1) is 5.02 Å². The van der Waals surface area contributed by atoms with Gasteiger partial charge in [-0.25, -0.2) is 8.42 Å². The molecular weight excluding hydrogens is 306 g/mol. The monoisotopic (exact) mass is 323 g/mol. The Hall–Kier alpha value is -1.36. The maximum absolute atomic E-state index is 12.7. The smallest absolute Gasteiger partial charge is 0.207 e. The number of halogens is 1. The maximum atomic E-state index is 12.7. The molecule has 2 rings (SSSR count). The molecule has 112 valence electrons. The van der Waals surface area contributed by atoms with E-state index in [1.807, 2.05) is 44.2 Å². The van der Waals surface area contributed by atoms with Crippen LogP contribution in [0.5, 0.6) is 0 Å². The van der Waals surface area contributed by atoms with E-state index in [1.54, 1.807) is 25.2 Å². The standard InChI is InChI=1S/C16H18ClNO2S/c1-12-9-10-16(15(17)11-12)21(19,20)18(3)13(2)14-7-5-4-6-8-14/h4-11,13H,1-3H3. The molecule has 1 unspecified atom stereocenters. The molecule has 0 bridgehead atoms. The maximum Gasteiger partial charge on any atom is 0.244 e. The third kappa shape index (κ3) is 3.28. The van der Waals surface area contributed by atoms with Gasteiger partial charge in [0.2, 0.25) is 10.0 Å². The van der Waals surface area contributed by atoms with Crippen molar-refractivity contribution in [2.45, 2.75) is 24.8 Å². The largest absolute Gasteiger partial charge is 0.244 e. The van der Waals surface area contributed by atoms with E-state index in [0.29, 0.717) is 0 Å². The van der Waals surface area contributed by atoms with Crippen LogP contribution in [-0.2, 0) is 10.0 Å². The summed E-state index contributed by atoms with van der Waals surface area (Å²) >= 11 is 6.10. The Bertz CT molecular complexity index is 729. The van der Waals surface area contributed by atoms with Gasteiger partial charge in [0.1, 0.15) is 4.90 Å². The number of hydrogen-bond acceptors (Lipinski definition) is 2. The predicted molar refractivity (Wildman–Crippen MR) is 86.0 cm³/mol. The molecule has 0 aliphatic rings. The molecule has 0 heterocycles. The highest BCUT2D eigenvalue weighted by atomic mass is 35.5. The van der Waals surface area contributed by atoms with E-state index in [1.165, 1.54) is 4.31 Å². The zero-order chi connectivity index (χ0) is 15.6. The third-order valence-corrected chi connectivity index (χ3v) is 5.98. The van der Waals surface area contributed by atoms with Crippen molar-refractivity contribution in [3.8, 4) is 0 Å². The summed E-state index contributed by atoms with van der Waals surface area (Å²) in [7, 11) is -2.06. The first-order chi connectivity index (χ1) is 9.84. The molecule has 1 atom stereocenters. The van der Waals surface area contributed by atoms with Gasteiger partial charge in [-0.05, 0) is 37.1 Å². The fourth-order valence-electron chi connectivity index (χ4n) is 2.12. The summed E-state index contributed by atoms with van der Waals surface area (Å²) in [5.41, 5.74) is 1.87. The van der Waals surface area contributed by atoms with Crippen LogP contribution in [-0.4, -0.2) is 19.8 Å². The number of nitrogens with zero attached hydrogens (tertiary/aromatic N) is 1. The fourth-order valence-corrected chi connectivity index (χ4v) is 4.04. The van der Waals surface area contributed by atoms with Gasteiger partial charge in [0.25, 0.3) is 0 Å². The average molecular weight is 324 g/mol. The second-order valence-electron chi connectivity index (χ2n) is 5.04. The predicted octanol–water partition coefficient (Wildman–Crippen LogP) is 4.03. The molecule has 21 heavy (non-hydrogen) atoms. The number of benzene rings is 2. The van der Waals surface area contributed by atoms with E-state index in [2.05, 4.69) is 0 Å². The Balaban J connectivity index is 2.39. The zero-order valence-corrected chi connectivity index (χ0v) is 13.8. The minimum absolute atomic E-state index is 0.139. The number of sulfonamides is 1. The Morgan fingerprint density at radius 1 is 1.10 bits per heavy atom. The van der Waals surface area contributed by atoms with Crippen molar-refractivity contribution in [2.24, 2.45) is 0 Å². The van der Waals surface area contributed by atoms with Gasteiger partial charge in [0.15, 0.2) is 0 Å². The Kier molecular flexibility index (Phi) is 4.71. The lowest BCUT2D eigenvalue weighted by Gasteiger charge is -2.25. The van der Waals surface area contributed by atoms with Crippen molar-refractivity contribution in [2.75, 3.05) is 7.05 Å². The lowest BCUT2D eigenvalue weighted by atomic mass is 10.1. The highest BCUT2D eigenvalue weighted by Crippen LogP contribution is 2.30. The quantitative estimate of drug-likeness (QED) is 0.852. The van der Waals surface area contributed by atoms with Gasteiger partial charge >= 0.3 is 0 Å². The molecule has 0 saturated carbocycles. The molecule has 0 fully saturated rings. The van der Waals surface area contributed by atoms with Gasteiger partial charge in [0, 0.05) is 13.1 Å². The first kappa shape index (κ1) is 16.0. The molecule has 2 aromatic rings. The summed E-state index contributed by atoms with van der Waals surface area (Å²) in [5.74, 6) is 0. The molecule has 2 aromatic carbocycles. The van der Waals surface area contributed by atoms with Gasteiger partial charge < -0.3 is 0 Å². The van der Waals surface area contributed by atoms with Crippen LogP contribution < -0.4 is 0 Å². The van der Waals surface area contributed by atoms with E-state index in [-0.39, 0.29) is 16.0 Å². The second-order valence-corrected chi connectivity index (χ2v) is 7.41. The molecule has 0 spiro atoms. The molecule has 0 radical (unpaired) electrons. The van der Waals surface area contributed by atoms with Crippen LogP contribution in [0.1, 0.15) is 24.1 Å². The van der Waals surface area contributed by atoms with Crippen molar-refractivity contribution in [1.82, 2.24) is 4.31 Å². The van der Waals surface area contributed by atoms with E-state index in [0.717, 1.165) is 11.1 Å². The van der Waals surface area contributed by atoms with Crippen molar-refractivity contribution in [1.29, 1.82) is 0 Å². The van der Waals surface area contributed by atoms with E-state index >= 15 is 0 Å². The summed E-state index contributed by atoms with van der Waals surface area (Å²) in [6.45, 7) is 3.73. The molecule has 0 N–H and O–H groups in total. The van der Waals surface area contributed by atoms with Crippen LogP contribution in [0.2, 0.25) is 5.02 Å². The minimum atomic E-state index is -3.63. The number of aryl methyl sites for hydroxylation is 1. The van der Waals surface area contributed by atoms with Crippen molar-refractivity contribution in [3.63, 3.8) is 0 Å². The van der Waals surface area contributed by atoms with Crippen LogP contribution in [0, 0.1) is 6.92 Å². The average Bonchev–Trinajstić information content (AvgIpc) is 2.46. The fraction of sp³-hybridized carbons (Fsp3) is 0.250. The van der Waals surface area contributed by atoms with Crippen LogP contribution in [0.4, 0.5) is 0 Å². The van der Waals surface area contributed by atoms with Crippen LogP contribution in [0.25, 0.3) is 0 Å². The molecule has 5 heteroatoms. The Morgan fingerprint density at radius 3 is 2.29 bits per heavy atom. The van der Waals surface area contributed by atoms with Gasteiger partial charge in [-0.15, -0.1) is 0 Å². The molecule has 0 aliphatic carbocycles. The van der Waals surface area contributed by atoms with E-state index in [4.69, 9.17) is 11.6 Å². The normalized spacial score (nSPS) is 13.4. The van der Waals surface area contributed by atoms with Crippen molar-refractivity contribution < 1.29 is 8.42 Å². The summed E-state index contributed by atoms with van der Waals surface area (Å²) in [4.78, 5) is 0.139. The van der Waals surface area contributed by atoms with Crippen LogP contribution in [0.15, 0.2) is 53.4 Å². The van der Waals surface area contributed by atoms with Gasteiger partial charge in [-0.2, -0.15) is 4.31 Å². The molecule has 0 aromatic heterocycles. The van der Waals surface area contributed by atoms with E-state index in [9.17, 15) is 8.42 Å². The highest BCUT2D eigenvalue weighted by molar-refractivity contribution is 7.89. The SMILES string of the molecule is Cc1ccc(S(=O)(=O)N(C)C(C)c2ccccc2)c(Cl)c1. The topological polar surface area (TPSA) is 37.4 Å². The highest BCUT2D eigenvalue weighted by Gasteiger charge is 2.28. The molecular formula is C16H18ClNO2S. The van der Waals surface area contributed by atoms with E-state index < -0.39 is 10.0 Å². The lowest BCUT2D eigenvalue weighted by molar-refractivity contribution is 0.398. The Labute approximate surface area is 131 Å². The third-order valence-electron chi connectivity index (χ3n) is 3.57.